The Morgan fingerprint density at radius 3 is 2.03 bits per heavy atom. The molecule has 2 aromatic rings. The number of fused-ring (bicyclic) bond motifs is 1. The van der Waals surface area contributed by atoms with Crippen molar-refractivity contribution in [2.24, 2.45) is 4.99 Å². The highest BCUT2D eigenvalue weighted by Crippen LogP contribution is 2.33. The minimum atomic E-state index is -0.716. The zero-order valence-corrected chi connectivity index (χ0v) is 21.6. The Labute approximate surface area is 219 Å². The summed E-state index contributed by atoms with van der Waals surface area (Å²) in [7, 11) is 0. The van der Waals surface area contributed by atoms with Crippen LogP contribution in [0.3, 0.4) is 0 Å². The fourth-order valence-electron chi connectivity index (χ4n) is 4.40. The third-order valence-electron chi connectivity index (χ3n) is 6.44. The molecule has 0 aliphatic carbocycles. The summed E-state index contributed by atoms with van der Waals surface area (Å²) in [5, 5.41) is 11.9. The van der Waals surface area contributed by atoms with E-state index in [1.807, 2.05) is 54.6 Å². The third-order valence-corrected chi connectivity index (χ3v) is 6.44. The summed E-state index contributed by atoms with van der Waals surface area (Å²) in [5.41, 5.74) is 2.25. The zero-order chi connectivity index (χ0) is 26.1. The number of carbonyl (C=O) groups excluding carboxylic acids is 1. The van der Waals surface area contributed by atoms with Gasteiger partial charge >= 0.3 is 6.02 Å². The molecule has 0 N–H and O–H groups in total. The molecular formula is C29H39N3O5. The molecular weight excluding hydrogens is 470 g/mol. The van der Waals surface area contributed by atoms with E-state index < -0.39 is 6.10 Å². The molecule has 0 saturated heterocycles. The lowest BCUT2D eigenvalue weighted by atomic mass is 10.1. The number of hydrogen-bond acceptors (Lipinski definition) is 7. The molecule has 200 valence electrons. The number of para-hydroxylation sites is 2. The lowest BCUT2D eigenvalue weighted by Gasteiger charge is -2.29. The van der Waals surface area contributed by atoms with Gasteiger partial charge in [-0.15, -0.1) is 0 Å². The van der Waals surface area contributed by atoms with Gasteiger partial charge in [-0.05, 0) is 31.0 Å². The molecule has 1 unspecified atom stereocenters. The number of ether oxygens (including phenoxy) is 1. The first-order chi connectivity index (χ1) is 18.2. The Morgan fingerprint density at radius 1 is 0.838 bits per heavy atom. The number of aldehydes is 1. The van der Waals surface area contributed by atoms with Crippen molar-refractivity contribution in [3.63, 3.8) is 0 Å². The van der Waals surface area contributed by atoms with Crippen molar-refractivity contribution < 1.29 is 19.3 Å². The summed E-state index contributed by atoms with van der Waals surface area (Å²) in [6, 6.07) is 17.4. The van der Waals surface area contributed by atoms with Crippen LogP contribution in [-0.4, -0.2) is 30.4 Å². The minimum absolute atomic E-state index is 0.104. The number of nitro groups is 1. The molecule has 0 saturated carbocycles. The molecule has 0 radical (unpaired) electrons. The van der Waals surface area contributed by atoms with E-state index >= 15 is 0 Å². The number of hydroxylamine groups is 1. The largest absolute Gasteiger partial charge is 0.447 e. The molecule has 0 spiro atoms. The number of nitrogens with zero attached hydrogens (tertiary/aromatic N) is 3. The van der Waals surface area contributed by atoms with Gasteiger partial charge in [0.2, 0.25) is 6.54 Å². The van der Waals surface area contributed by atoms with Gasteiger partial charge in [-0.1, -0.05) is 94.2 Å². The number of anilines is 1. The van der Waals surface area contributed by atoms with Crippen LogP contribution in [0.15, 0.2) is 59.6 Å². The molecule has 0 fully saturated rings. The first-order valence-electron chi connectivity index (χ1n) is 13.6. The van der Waals surface area contributed by atoms with Crippen molar-refractivity contribution in [2.75, 3.05) is 18.2 Å². The van der Waals surface area contributed by atoms with Gasteiger partial charge in [-0.25, -0.2) is 0 Å². The third kappa shape index (κ3) is 9.96. The Hall–Kier alpha value is -3.26. The summed E-state index contributed by atoms with van der Waals surface area (Å²) in [5.74, 6) is 0. The zero-order valence-electron chi connectivity index (χ0n) is 21.6. The monoisotopic (exact) mass is 509 g/mol. The van der Waals surface area contributed by atoms with Gasteiger partial charge in [0.05, 0.1) is 18.0 Å². The van der Waals surface area contributed by atoms with Crippen LogP contribution in [0, 0.1) is 10.1 Å². The normalized spacial score (nSPS) is 14.4. The van der Waals surface area contributed by atoms with Crippen molar-refractivity contribution in [3.8, 4) is 0 Å². The second-order valence-electron chi connectivity index (χ2n) is 9.39. The summed E-state index contributed by atoms with van der Waals surface area (Å²) < 4.78 is 5.91. The van der Waals surface area contributed by atoms with Gasteiger partial charge in [0.25, 0.3) is 0 Å². The number of unbranched alkanes of at least 4 members (excludes halogenated alkanes) is 11. The first-order valence-corrected chi connectivity index (χ1v) is 13.6. The van der Waals surface area contributed by atoms with E-state index in [-0.39, 0.29) is 17.5 Å². The molecule has 0 aromatic heterocycles. The van der Waals surface area contributed by atoms with Crippen molar-refractivity contribution in [2.45, 2.75) is 83.2 Å². The fourth-order valence-corrected chi connectivity index (χ4v) is 4.40. The molecule has 1 aliphatic heterocycles. The van der Waals surface area contributed by atoms with E-state index in [0.29, 0.717) is 18.7 Å². The van der Waals surface area contributed by atoms with E-state index in [0.717, 1.165) is 43.2 Å². The van der Waals surface area contributed by atoms with Gasteiger partial charge in [-0.2, -0.15) is 10.1 Å². The maximum atomic E-state index is 11.7. The fraction of sp³-hybridized carbons (Fsp3) is 0.517. The van der Waals surface area contributed by atoms with Crippen LogP contribution in [0.5, 0.6) is 0 Å². The van der Waals surface area contributed by atoms with E-state index in [1.165, 1.54) is 44.9 Å². The van der Waals surface area contributed by atoms with Crippen molar-refractivity contribution >= 4 is 23.7 Å². The highest BCUT2D eigenvalue weighted by atomic mass is 16.7. The minimum Gasteiger partial charge on any atom is -0.447 e. The van der Waals surface area contributed by atoms with Crippen LogP contribution >= 0.6 is 0 Å². The predicted molar refractivity (Wildman–Crippen MR) is 146 cm³/mol. The van der Waals surface area contributed by atoms with E-state index in [4.69, 9.17) is 9.57 Å². The van der Waals surface area contributed by atoms with Crippen LogP contribution in [0.25, 0.3) is 0 Å². The van der Waals surface area contributed by atoms with Gasteiger partial charge < -0.3 is 4.74 Å². The number of amidine groups is 1. The number of aliphatic imine (C=N–C) groups is 1. The summed E-state index contributed by atoms with van der Waals surface area (Å²) in [6.07, 6.45) is 13.4. The highest BCUT2D eigenvalue weighted by Gasteiger charge is 2.28. The number of rotatable bonds is 18. The summed E-state index contributed by atoms with van der Waals surface area (Å²) in [4.78, 5) is 32.5. The second kappa shape index (κ2) is 16.5. The lowest BCUT2D eigenvalue weighted by molar-refractivity contribution is -0.480. The van der Waals surface area contributed by atoms with Gasteiger partial charge in [0.15, 0.2) is 12.4 Å². The van der Waals surface area contributed by atoms with E-state index in [1.54, 1.807) is 5.06 Å². The van der Waals surface area contributed by atoms with Crippen molar-refractivity contribution in [1.82, 2.24) is 0 Å². The van der Waals surface area contributed by atoms with Gasteiger partial charge in [0.1, 0.15) is 0 Å². The molecule has 1 heterocycles. The summed E-state index contributed by atoms with van der Waals surface area (Å²) in [6.45, 7) is 0.633. The smallest absolute Gasteiger partial charge is 0.323 e. The van der Waals surface area contributed by atoms with Crippen LogP contribution in [0.2, 0.25) is 0 Å². The molecule has 3 rings (SSSR count). The SMILES string of the molecule is O=CC1OC(N(OCCCCCCCCCCCCCC[N+](=O)[O-])c2ccccc2)=Nc2ccccc21. The maximum Gasteiger partial charge on any atom is 0.323 e. The topological polar surface area (TPSA) is 94.3 Å². The molecule has 8 nitrogen and oxygen atoms in total. The Bertz CT molecular complexity index is 983. The molecule has 0 amide bonds. The molecule has 2 aromatic carbocycles. The number of carbonyl (C=O) groups is 1. The predicted octanol–water partition coefficient (Wildman–Crippen LogP) is 7.34. The first kappa shape index (κ1) is 28.3. The van der Waals surface area contributed by atoms with Gasteiger partial charge in [0, 0.05) is 16.9 Å². The number of benzene rings is 2. The molecule has 0 bridgehead atoms. The molecule has 8 heteroatoms. The Balaban J connectivity index is 1.34. The van der Waals surface area contributed by atoms with Crippen molar-refractivity contribution in [1.29, 1.82) is 0 Å². The average Bonchev–Trinajstić information content (AvgIpc) is 2.92. The Kier molecular flexibility index (Phi) is 12.6. The molecule has 1 aliphatic rings. The molecule has 37 heavy (non-hydrogen) atoms. The van der Waals surface area contributed by atoms with Crippen LogP contribution in [0.4, 0.5) is 11.4 Å². The maximum absolute atomic E-state index is 11.7. The number of hydrogen-bond donors (Lipinski definition) is 0. The van der Waals surface area contributed by atoms with Crippen LogP contribution in [-0.2, 0) is 14.4 Å². The summed E-state index contributed by atoms with van der Waals surface area (Å²) >= 11 is 0. The average molecular weight is 510 g/mol. The highest BCUT2D eigenvalue weighted by molar-refractivity contribution is 5.94. The van der Waals surface area contributed by atoms with Crippen LogP contribution in [0.1, 0.15) is 88.7 Å². The molecule has 1 atom stereocenters. The standard InChI is InChI=1S/C29H39N3O5/c33-24-28-26-20-14-15-21-27(26)30-29(37-28)32(25-18-12-11-13-19-25)36-23-17-10-8-6-4-2-1-3-5-7-9-16-22-31(34)35/h11-15,18-21,24,28H,1-10,16-17,22-23H2. The lowest BCUT2D eigenvalue weighted by Crippen LogP contribution is -2.36. The van der Waals surface area contributed by atoms with Crippen molar-refractivity contribution in [3.05, 3.63) is 70.3 Å². The van der Waals surface area contributed by atoms with Gasteiger partial charge in [-0.3, -0.25) is 19.7 Å². The Morgan fingerprint density at radius 2 is 1.41 bits per heavy atom. The second-order valence-corrected chi connectivity index (χ2v) is 9.39. The van der Waals surface area contributed by atoms with Crippen LogP contribution < -0.4 is 5.06 Å². The van der Waals surface area contributed by atoms with E-state index in [9.17, 15) is 14.9 Å². The van der Waals surface area contributed by atoms with E-state index in [2.05, 4.69) is 4.99 Å². The quantitative estimate of drug-likeness (QED) is 0.0903.